The van der Waals surface area contributed by atoms with Crippen molar-refractivity contribution in [3.05, 3.63) is 18.3 Å². The Morgan fingerprint density at radius 2 is 2.13 bits per heavy atom. The number of likely N-dealkylation sites (N-methyl/N-ethyl adjacent to an activating group) is 1. The maximum atomic E-state index is 5.65. The third-order valence-electron chi connectivity index (χ3n) is 2.36. The van der Waals surface area contributed by atoms with Gasteiger partial charge in [-0.2, -0.15) is 0 Å². The summed E-state index contributed by atoms with van der Waals surface area (Å²) < 4.78 is 5.54. The molecule has 15 heavy (non-hydrogen) atoms. The molecule has 0 aliphatic carbocycles. The number of anilines is 1. The largest absolute Gasteiger partial charge is 0.488 e. The molecule has 0 saturated carbocycles. The highest BCUT2D eigenvalue weighted by molar-refractivity contribution is 5.44. The normalized spacial score (nSPS) is 10.6. The van der Waals surface area contributed by atoms with Crippen LogP contribution < -0.4 is 10.5 Å². The first-order valence-corrected chi connectivity index (χ1v) is 5.33. The molecular weight excluding hydrogens is 190 g/mol. The predicted molar refractivity (Wildman–Crippen MR) is 61.9 cm³/mol. The highest BCUT2D eigenvalue weighted by Gasteiger charge is 2.02. The van der Waals surface area contributed by atoms with E-state index in [0.29, 0.717) is 18.2 Å². The molecule has 84 valence electrons. The molecule has 4 nitrogen and oxygen atoms in total. The molecule has 0 saturated heterocycles. The van der Waals surface area contributed by atoms with Crippen molar-refractivity contribution in [1.29, 1.82) is 0 Å². The Hall–Kier alpha value is -1.29. The molecule has 2 N–H and O–H groups in total. The van der Waals surface area contributed by atoms with Crippen LogP contribution in [0.3, 0.4) is 0 Å². The number of aromatic nitrogens is 1. The lowest BCUT2D eigenvalue weighted by Crippen LogP contribution is -2.28. The molecule has 1 rings (SSSR count). The highest BCUT2D eigenvalue weighted by atomic mass is 16.5. The van der Waals surface area contributed by atoms with Gasteiger partial charge >= 0.3 is 0 Å². The fraction of sp³-hybridized carbons (Fsp3) is 0.545. The standard InChI is InChI=1S/C11H19N3O/c1-3-14(4-2)8-9-15-10-6-5-7-13-11(10)12/h5-7H,3-4,8-9H2,1-2H3,(H2,12,13). The molecule has 1 aromatic heterocycles. The van der Waals surface area contributed by atoms with E-state index in [2.05, 4.69) is 23.7 Å². The fourth-order valence-electron chi connectivity index (χ4n) is 1.35. The van der Waals surface area contributed by atoms with E-state index < -0.39 is 0 Å². The summed E-state index contributed by atoms with van der Waals surface area (Å²) in [6.07, 6.45) is 1.66. The van der Waals surface area contributed by atoms with Crippen LogP contribution in [0.5, 0.6) is 5.75 Å². The van der Waals surface area contributed by atoms with Gasteiger partial charge in [-0.25, -0.2) is 4.98 Å². The molecule has 0 unspecified atom stereocenters. The van der Waals surface area contributed by atoms with E-state index in [-0.39, 0.29) is 0 Å². The molecule has 0 aliphatic heterocycles. The first kappa shape index (κ1) is 11.8. The van der Waals surface area contributed by atoms with Crippen LogP contribution in [-0.4, -0.2) is 36.1 Å². The average molecular weight is 209 g/mol. The Morgan fingerprint density at radius 1 is 1.40 bits per heavy atom. The smallest absolute Gasteiger partial charge is 0.166 e. The Morgan fingerprint density at radius 3 is 2.73 bits per heavy atom. The SMILES string of the molecule is CCN(CC)CCOc1cccnc1N. The summed E-state index contributed by atoms with van der Waals surface area (Å²) in [5, 5.41) is 0. The van der Waals surface area contributed by atoms with Gasteiger partial charge in [-0.15, -0.1) is 0 Å². The van der Waals surface area contributed by atoms with Crippen molar-refractivity contribution in [2.45, 2.75) is 13.8 Å². The van der Waals surface area contributed by atoms with Gasteiger partial charge in [-0.3, -0.25) is 0 Å². The second-order valence-corrected chi connectivity index (χ2v) is 3.26. The summed E-state index contributed by atoms with van der Waals surface area (Å²) >= 11 is 0. The second kappa shape index (κ2) is 6.24. The van der Waals surface area contributed by atoms with Crippen LogP contribution >= 0.6 is 0 Å². The van der Waals surface area contributed by atoms with E-state index in [0.717, 1.165) is 19.6 Å². The highest BCUT2D eigenvalue weighted by Crippen LogP contribution is 2.16. The summed E-state index contributed by atoms with van der Waals surface area (Å²) in [5.41, 5.74) is 5.65. The van der Waals surface area contributed by atoms with Gasteiger partial charge in [0.05, 0.1) is 0 Å². The number of ether oxygens (including phenoxy) is 1. The number of rotatable bonds is 6. The molecule has 0 fully saturated rings. The van der Waals surface area contributed by atoms with Crippen LogP contribution in [0.4, 0.5) is 5.82 Å². The van der Waals surface area contributed by atoms with Crippen molar-refractivity contribution in [2.24, 2.45) is 0 Å². The molecule has 1 heterocycles. The molecule has 0 amide bonds. The van der Waals surface area contributed by atoms with Gasteiger partial charge in [0.1, 0.15) is 6.61 Å². The third-order valence-corrected chi connectivity index (χ3v) is 2.36. The topological polar surface area (TPSA) is 51.4 Å². The minimum Gasteiger partial charge on any atom is -0.488 e. The number of nitrogens with zero attached hydrogens (tertiary/aromatic N) is 2. The fourth-order valence-corrected chi connectivity index (χ4v) is 1.35. The van der Waals surface area contributed by atoms with Crippen LogP contribution in [0, 0.1) is 0 Å². The van der Waals surface area contributed by atoms with E-state index in [1.165, 1.54) is 0 Å². The molecule has 0 aliphatic rings. The molecule has 0 bridgehead atoms. The van der Waals surface area contributed by atoms with E-state index in [1.54, 1.807) is 6.20 Å². The van der Waals surface area contributed by atoms with Gasteiger partial charge in [-0.05, 0) is 25.2 Å². The Bertz CT molecular complexity index is 287. The van der Waals surface area contributed by atoms with Gasteiger partial charge in [0.25, 0.3) is 0 Å². The van der Waals surface area contributed by atoms with Crippen LogP contribution in [0.1, 0.15) is 13.8 Å². The van der Waals surface area contributed by atoms with E-state index in [4.69, 9.17) is 10.5 Å². The van der Waals surface area contributed by atoms with Crippen LogP contribution in [0.15, 0.2) is 18.3 Å². The minimum atomic E-state index is 0.456. The van der Waals surface area contributed by atoms with E-state index in [9.17, 15) is 0 Å². The van der Waals surface area contributed by atoms with Gasteiger partial charge in [0.15, 0.2) is 11.6 Å². The van der Waals surface area contributed by atoms with Crippen molar-refractivity contribution in [3.8, 4) is 5.75 Å². The Labute approximate surface area is 91.1 Å². The Balaban J connectivity index is 2.34. The summed E-state index contributed by atoms with van der Waals surface area (Å²) in [5.74, 6) is 1.13. The van der Waals surface area contributed by atoms with Crippen molar-refractivity contribution >= 4 is 5.82 Å². The van der Waals surface area contributed by atoms with E-state index in [1.807, 2.05) is 12.1 Å². The molecule has 1 aromatic rings. The minimum absolute atomic E-state index is 0.456. The zero-order valence-electron chi connectivity index (χ0n) is 9.44. The van der Waals surface area contributed by atoms with Crippen LogP contribution in [0.25, 0.3) is 0 Å². The number of pyridine rings is 1. The second-order valence-electron chi connectivity index (χ2n) is 3.26. The van der Waals surface area contributed by atoms with Crippen LogP contribution in [0.2, 0.25) is 0 Å². The van der Waals surface area contributed by atoms with Gasteiger partial charge < -0.3 is 15.4 Å². The van der Waals surface area contributed by atoms with Crippen molar-refractivity contribution in [1.82, 2.24) is 9.88 Å². The molecule has 0 atom stereocenters. The lowest BCUT2D eigenvalue weighted by Gasteiger charge is -2.18. The first-order valence-electron chi connectivity index (χ1n) is 5.33. The molecule has 4 heteroatoms. The number of nitrogen functional groups attached to an aromatic ring is 1. The van der Waals surface area contributed by atoms with Crippen LogP contribution in [-0.2, 0) is 0 Å². The summed E-state index contributed by atoms with van der Waals surface area (Å²) in [7, 11) is 0. The number of hydrogen-bond acceptors (Lipinski definition) is 4. The maximum absolute atomic E-state index is 5.65. The summed E-state index contributed by atoms with van der Waals surface area (Å²) in [4.78, 5) is 6.25. The van der Waals surface area contributed by atoms with Crippen molar-refractivity contribution in [3.63, 3.8) is 0 Å². The molecular formula is C11H19N3O. The zero-order chi connectivity index (χ0) is 11.1. The Kier molecular flexibility index (Phi) is 4.90. The summed E-state index contributed by atoms with van der Waals surface area (Å²) in [6, 6.07) is 3.66. The van der Waals surface area contributed by atoms with E-state index >= 15 is 0 Å². The first-order chi connectivity index (χ1) is 7.27. The average Bonchev–Trinajstić information content (AvgIpc) is 2.27. The van der Waals surface area contributed by atoms with Crippen molar-refractivity contribution in [2.75, 3.05) is 32.0 Å². The van der Waals surface area contributed by atoms with Gasteiger partial charge in [-0.1, -0.05) is 13.8 Å². The molecule has 0 spiro atoms. The lowest BCUT2D eigenvalue weighted by molar-refractivity contribution is 0.223. The summed E-state index contributed by atoms with van der Waals surface area (Å²) in [6.45, 7) is 7.94. The third kappa shape index (κ3) is 3.75. The van der Waals surface area contributed by atoms with Gasteiger partial charge in [0, 0.05) is 12.7 Å². The van der Waals surface area contributed by atoms with Crippen molar-refractivity contribution < 1.29 is 4.74 Å². The quantitative estimate of drug-likeness (QED) is 0.769. The zero-order valence-corrected chi connectivity index (χ0v) is 9.44. The molecule has 0 aromatic carbocycles. The maximum Gasteiger partial charge on any atom is 0.166 e. The predicted octanol–water partition coefficient (Wildman–Crippen LogP) is 1.38. The molecule has 0 radical (unpaired) electrons. The number of nitrogens with two attached hydrogens (primary N) is 1. The van der Waals surface area contributed by atoms with Gasteiger partial charge in [0.2, 0.25) is 0 Å². The monoisotopic (exact) mass is 209 g/mol. The number of hydrogen-bond donors (Lipinski definition) is 1. The lowest BCUT2D eigenvalue weighted by atomic mass is 10.4.